The van der Waals surface area contributed by atoms with Gasteiger partial charge in [0.15, 0.2) is 11.5 Å². The first-order valence-electron chi connectivity index (χ1n) is 11.1. The van der Waals surface area contributed by atoms with Crippen LogP contribution in [0.2, 0.25) is 0 Å². The van der Waals surface area contributed by atoms with Crippen LogP contribution in [0, 0.1) is 13.8 Å². The van der Waals surface area contributed by atoms with E-state index in [0.29, 0.717) is 36.8 Å². The molecule has 0 aliphatic carbocycles. The summed E-state index contributed by atoms with van der Waals surface area (Å²) in [6, 6.07) is 11.3. The predicted octanol–water partition coefficient (Wildman–Crippen LogP) is 3.07. The molecule has 2 aromatic carbocycles. The number of aryl methyl sites for hydroxylation is 2. The highest BCUT2D eigenvalue weighted by Crippen LogP contribution is 2.32. The Kier molecular flexibility index (Phi) is 7.05. The number of amides is 1. The lowest BCUT2D eigenvalue weighted by Gasteiger charge is -2.35. The largest absolute Gasteiger partial charge is 0.493 e. The number of fused-ring (bicyclic) bond motifs is 1. The van der Waals surface area contributed by atoms with Crippen molar-refractivity contribution in [1.82, 2.24) is 20.2 Å². The molecule has 0 spiro atoms. The van der Waals surface area contributed by atoms with Gasteiger partial charge in [-0.1, -0.05) is 6.07 Å². The first-order chi connectivity index (χ1) is 16.0. The van der Waals surface area contributed by atoms with Crippen LogP contribution in [0.5, 0.6) is 11.5 Å². The van der Waals surface area contributed by atoms with Gasteiger partial charge in [0.1, 0.15) is 0 Å². The van der Waals surface area contributed by atoms with E-state index in [1.165, 1.54) is 0 Å². The molecule has 1 aromatic heterocycles. The van der Waals surface area contributed by atoms with E-state index < -0.39 is 0 Å². The fourth-order valence-corrected chi connectivity index (χ4v) is 4.07. The van der Waals surface area contributed by atoms with Crippen LogP contribution in [0.25, 0.3) is 11.0 Å². The summed E-state index contributed by atoms with van der Waals surface area (Å²) in [6.07, 6.45) is 0. The van der Waals surface area contributed by atoms with Crippen LogP contribution in [0.4, 0.5) is 0 Å². The van der Waals surface area contributed by atoms with Gasteiger partial charge in [-0.05, 0) is 49.7 Å². The summed E-state index contributed by atoms with van der Waals surface area (Å²) < 4.78 is 16.4. The summed E-state index contributed by atoms with van der Waals surface area (Å²) >= 11 is 0. The molecule has 1 N–H and O–H groups in total. The minimum absolute atomic E-state index is 0.0252. The SMILES string of the molecule is COc1ccc(C(CNC(=O)c2ccc3nc(C)c(C)nc3c2)N2CCOCC2)cc1OC. The number of hydrogen-bond donors (Lipinski definition) is 1. The van der Waals surface area contributed by atoms with Gasteiger partial charge in [0.2, 0.25) is 0 Å². The number of rotatable bonds is 7. The Labute approximate surface area is 193 Å². The molecule has 2 heterocycles. The molecule has 1 fully saturated rings. The van der Waals surface area contributed by atoms with Gasteiger partial charge in [0, 0.05) is 25.2 Å². The molecule has 0 bridgehead atoms. The summed E-state index contributed by atoms with van der Waals surface area (Å²) in [5.74, 6) is 1.20. The molecule has 3 aromatic rings. The lowest BCUT2D eigenvalue weighted by Crippen LogP contribution is -2.43. The van der Waals surface area contributed by atoms with E-state index >= 15 is 0 Å². The maximum Gasteiger partial charge on any atom is 0.251 e. The van der Waals surface area contributed by atoms with E-state index in [1.54, 1.807) is 26.4 Å². The van der Waals surface area contributed by atoms with Crippen molar-refractivity contribution in [3.63, 3.8) is 0 Å². The molecular weight excluding hydrogens is 420 g/mol. The summed E-state index contributed by atoms with van der Waals surface area (Å²) in [6.45, 7) is 7.22. The van der Waals surface area contributed by atoms with Gasteiger partial charge in [-0.3, -0.25) is 9.69 Å². The average molecular weight is 451 g/mol. The number of morpholine rings is 1. The first kappa shape index (κ1) is 22.9. The quantitative estimate of drug-likeness (QED) is 0.592. The second kappa shape index (κ2) is 10.1. The molecule has 1 amide bonds. The number of ether oxygens (including phenoxy) is 3. The van der Waals surface area contributed by atoms with Crippen LogP contribution < -0.4 is 14.8 Å². The Morgan fingerprint density at radius 2 is 1.70 bits per heavy atom. The molecule has 1 aliphatic rings. The second-order valence-corrected chi connectivity index (χ2v) is 8.09. The smallest absolute Gasteiger partial charge is 0.251 e. The molecular formula is C25H30N4O4. The zero-order valence-corrected chi connectivity index (χ0v) is 19.6. The van der Waals surface area contributed by atoms with Gasteiger partial charge >= 0.3 is 0 Å². The van der Waals surface area contributed by atoms with Gasteiger partial charge in [0.25, 0.3) is 5.91 Å². The topological polar surface area (TPSA) is 85.8 Å². The van der Waals surface area contributed by atoms with Crippen LogP contribution in [-0.2, 0) is 4.74 Å². The molecule has 1 unspecified atom stereocenters. The number of methoxy groups -OCH3 is 2. The standard InChI is InChI=1S/C25H30N4O4/c1-16-17(2)28-21-13-19(5-7-20(21)27-16)25(30)26-15-22(29-9-11-33-12-10-29)18-6-8-23(31-3)24(14-18)32-4/h5-8,13-14,22H,9-12,15H2,1-4H3,(H,26,30). The van der Waals surface area contributed by atoms with Crippen molar-refractivity contribution >= 4 is 16.9 Å². The first-order valence-corrected chi connectivity index (χ1v) is 11.1. The van der Waals surface area contributed by atoms with Crippen LogP contribution in [0.15, 0.2) is 36.4 Å². The molecule has 1 aliphatic heterocycles. The number of benzene rings is 2. The average Bonchev–Trinajstić information content (AvgIpc) is 2.85. The van der Waals surface area contributed by atoms with Gasteiger partial charge in [-0.2, -0.15) is 0 Å². The van der Waals surface area contributed by atoms with E-state index in [1.807, 2.05) is 38.1 Å². The Balaban J connectivity index is 1.56. The van der Waals surface area contributed by atoms with Crippen LogP contribution in [0.3, 0.4) is 0 Å². The Hall–Kier alpha value is -3.23. The molecule has 33 heavy (non-hydrogen) atoms. The molecule has 0 radical (unpaired) electrons. The molecule has 8 nitrogen and oxygen atoms in total. The number of carbonyl (C=O) groups is 1. The van der Waals surface area contributed by atoms with Crippen molar-refractivity contribution < 1.29 is 19.0 Å². The third-order valence-corrected chi connectivity index (χ3v) is 6.07. The van der Waals surface area contributed by atoms with E-state index in [0.717, 1.165) is 41.1 Å². The normalized spacial score (nSPS) is 15.3. The minimum atomic E-state index is -0.143. The lowest BCUT2D eigenvalue weighted by molar-refractivity contribution is 0.0162. The summed E-state index contributed by atoms with van der Waals surface area (Å²) in [7, 11) is 3.24. The summed E-state index contributed by atoms with van der Waals surface area (Å²) in [5.41, 5.74) is 4.86. The second-order valence-electron chi connectivity index (χ2n) is 8.09. The highest BCUT2D eigenvalue weighted by molar-refractivity contribution is 5.97. The molecule has 1 atom stereocenters. The van der Waals surface area contributed by atoms with Crippen LogP contribution in [0.1, 0.15) is 33.4 Å². The van der Waals surface area contributed by atoms with Crippen molar-refractivity contribution in [2.24, 2.45) is 0 Å². The predicted molar refractivity (Wildman–Crippen MR) is 126 cm³/mol. The molecule has 8 heteroatoms. The summed E-state index contributed by atoms with van der Waals surface area (Å²) in [5, 5.41) is 3.11. The fourth-order valence-electron chi connectivity index (χ4n) is 4.07. The minimum Gasteiger partial charge on any atom is -0.493 e. The molecule has 1 saturated heterocycles. The van der Waals surface area contributed by atoms with Gasteiger partial charge in [-0.15, -0.1) is 0 Å². The highest BCUT2D eigenvalue weighted by Gasteiger charge is 2.24. The van der Waals surface area contributed by atoms with Gasteiger partial charge in [0.05, 0.1) is 55.9 Å². The monoisotopic (exact) mass is 450 g/mol. The van der Waals surface area contributed by atoms with Crippen molar-refractivity contribution in [2.45, 2.75) is 19.9 Å². The number of aromatic nitrogens is 2. The maximum atomic E-state index is 13.0. The van der Waals surface area contributed by atoms with Gasteiger partial charge in [-0.25, -0.2) is 9.97 Å². The lowest BCUT2D eigenvalue weighted by atomic mass is 10.0. The van der Waals surface area contributed by atoms with Crippen LogP contribution in [-0.4, -0.2) is 67.8 Å². The van der Waals surface area contributed by atoms with E-state index in [-0.39, 0.29) is 11.9 Å². The zero-order valence-electron chi connectivity index (χ0n) is 19.6. The number of nitrogens with one attached hydrogen (secondary N) is 1. The Morgan fingerprint density at radius 3 is 2.39 bits per heavy atom. The van der Waals surface area contributed by atoms with E-state index in [2.05, 4.69) is 20.2 Å². The fraction of sp³-hybridized carbons (Fsp3) is 0.400. The Bertz CT molecular complexity index is 1140. The number of hydrogen-bond acceptors (Lipinski definition) is 7. The number of carbonyl (C=O) groups excluding carboxylic acids is 1. The van der Waals surface area contributed by atoms with E-state index in [4.69, 9.17) is 14.2 Å². The van der Waals surface area contributed by atoms with E-state index in [9.17, 15) is 4.79 Å². The third kappa shape index (κ3) is 5.07. The van der Waals surface area contributed by atoms with Crippen molar-refractivity contribution in [2.75, 3.05) is 47.1 Å². The number of nitrogens with zero attached hydrogens (tertiary/aromatic N) is 3. The molecule has 0 saturated carbocycles. The van der Waals surface area contributed by atoms with Crippen molar-refractivity contribution in [3.05, 3.63) is 58.9 Å². The summed E-state index contributed by atoms with van der Waals surface area (Å²) in [4.78, 5) is 24.5. The Morgan fingerprint density at radius 1 is 1.00 bits per heavy atom. The van der Waals surface area contributed by atoms with Crippen molar-refractivity contribution in [1.29, 1.82) is 0 Å². The third-order valence-electron chi connectivity index (χ3n) is 6.07. The zero-order chi connectivity index (χ0) is 23.4. The van der Waals surface area contributed by atoms with Crippen molar-refractivity contribution in [3.8, 4) is 11.5 Å². The van der Waals surface area contributed by atoms with Gasteiger partial charge < -0.3 is 19.5 Å². The highest BCUT2D eigenvalue weighted by atomic mass is 16.5. The molecule has 4 rings (SSSR count). The van der Waals surface area contributed by atoms with Crippen LogP contribution >= 0.6 is 0 Å². The maximum absolute atomic E-state index is 13.0. The molecule has 174 valence electrons.